The Morgan fingerprint density at radius 2 is 1.89 bits per heavy atom. The number of nitrogens with one attached hydrogen (secondary N) is 1. The van der Waals surface area contributed by atoms with E-state index in [1.54, 1.807) is 0 Å². The summed E-state index contributed by atoms with van der Waals surface area (Å²) in [5.41, 5.74) is 13.0. The standard InChI is InChI=1S/C19H24N5O2S/c1-12-9-13(2)15-10-14(12)16-11-18(23-19(20)22-16)27-8-6-21-24(26)7-4-3-5-17(15)25/h9-11H,3-8H2,1-2H3,(H,21,26)(H2,20,22,23)/q+1. The van der Waals surface area contributed by atoms with E-state index in [-0.39, 0.29) is 11.7 Å². The number of anilines is 1. The Morgan fingerprint density at radius 1 is 1.11 bits per heavy atom. The van der Waals surface area contributed by atoms with Gasteiger partial charge in [-0.1, -0.05) is 6.07 Å². The molecule has 1 aliphatic rings. The zero-order valence-electron chi connectivity index (χ0n) is 15.6. The van der Waals surface area contributed by atoms with E-state index in [1.807, 2.05) is 32.0 Å². The van der Waals surface area contributed by atoms with Crippen LogP contribution < -0.4 is 11.2 Å². The van der Waals surface area contributed by atoms with E-state index in [1.165, 1.54) is 11.8 Å². The van der Waals surface area contributed by atoms with Gasteiger partial charge in [-0.25, -0.2) is 9.97 Å². The molecule has 1 aliphatic heterocycles. The molecule has 0 atom stereocenters. The average Bonchev–Trinajstić information content (AvgIpc) is 2.61. The number of fused-ring (bicyclic) bond motifs is 5. The Morgan fingerprint density at radius 3 is 2.70 bits per heavy atom. The number of thioether (sulfide) groups is 1. The molecule has 7 nitrogen and oxygen atoms in total. The lowest BCUT2D eigenvalue weighted by Gasteiger charge is -2.13. The number of nitrogens with zero attached hydrogens (tertiary/aromatic N) is 3. The lowest BCUT2D eigenvalue weighted by Crippen LogP contribution is -2.29. The number of hydrogen-bond acceptors (Lipinski definition) is 6. The topological polar surface area (TPSA) is 101 Å². The fourth-order valence-electron chi connectivity index (χ4n) is 3.16. The smallest absolute Gasteiger partial charge is 0.225 e. The highest BCUT2D eigenvalue weighted by atomic mass is 32.2. The van der Waals surface area contributed by atoms with Gasteiger partial charge < -0.3 is 5.73 Å². The van der Waals surface area contributed by atoms with Crippen molar-refractivity contribution in [2.75, 3.05) is 24.6 Å². The second-order valence-corrected chi connectivity index (χ2v) is 7.79. The molecular weight excluding hydrogens is 362 g/mol. The van der Waals surface area contributed by atoms with Crippen molar-refractivity contribution in [3.05, 3.63) is 39.8 Å². The molecule has 1 aromatic carbocycles. The van der Waals surface area contributed by atoms with Crippen LogP contribution in [-0.4, -0.2) is 39.5 Å². The van der Waals surface area contributed by atoms with E-state index in [2.05, 4.69) is 15.4 Å². The summed E-state index contributed by atoms with van der Waals surface area (Å²) < 4.78 is 0. The number of Topliss-reactive ketones (excluding diaryl/α,β-unsaturated/α-hetero) is 1. The largest absolute Gasteiger partial charge is 0.368 e. The number of nitrogens with two attached hydrogens (primary N) is 1. The third kappa shape index (κ3) is 4.82. The van der Waals surface area contributed by atoms with Crippen molar-refractivity contribution in [2.24, 2.45) is 0 Å². The lowest BCUT2D eigenvalue weighted by atomic mass is 9.94. The number of hydrazine groups is 1. The maximum atomic E-state index is 12.7. The van der Waals surface area contributed by atoms with E-state index in [0.29, 0.717) is 49.4 Å². The number of aromatic nitrogens is 2. The van der Waals surface area contributed by atoms with Crippen molar-refractivity contribution in [3.8, 4) is 11.3 Å². The van der Waals surface area contributed by atoms with E-state index >= 15 is 0 Å². The van der Waals surface area contributed by atoms with Gasteiger partial charge in [0.15, 0.2) is 5.78 Å². The zero-order chi connectivity index (χ0) is 19.4. The number of rotatable bonds is 0. The minimum Gasteiger partial charge on any atom is -0.368 e. The highest BCUT2D eigenvalue weighted by molar-refractivity contribution is 7.99. The molecule has 27 heavy (non-hydrogen) atoms. The minimum absolute atomic E-state index is 0.0860. The van der Waals surface area contributed by atoms with Crippen LogP contribution in [0.5, 0.6) is 0 Å². The number of benzene rings is 1. The molecule has 4 bridgehead atoms. The van der Waals surface area contributed by atoms with Crippen molar-refractivity contribution in [3.63, 3.8) is 0 Å². The Bertz CT molecular complexity index is 885. The first-order valence-electron chi connectivity index (χ1n) is 9.04. The van der Waals surface area contributed by atoms with Gasteiger partial charge in [-0.05, 0) is 43.5 Å². The van der Waals surface area contributed by atoms with Crippen molar-refractivity contribution >= 4 is 23.5 Å². The maximum Gasteiger partial charge on any atom is 0.225 e. The van der Waals surface area contributed by atoms with Crippen LogP contribution in [0.2, 0.25) is 0 Å². The molecular formula is C19H24N5O2S+. The minimum atomic E-state index is 0.0860. The third-order valence-electron chi connectivity index (χ3n) is 4.52. The summed E-state index contributed by atoms with van der Waals surface area (Å²) in [4.78, 5) is 34.0. The molecule has 0 unspecified atom stereocenters. The molecule has 0 radical (unpaired) electrons. The van der Waals surface area contributed by atoms with Gasteiger partial charge in [0.25, 0.3) is 0 Å². The molecule has 142 valence electrons. The fourth-order valence-corrected chi connectivity index (χ4v) is 3.92. The molecule has 2 aromatic rings. The molecule has 3 rings (SSSR count). The molecule has 8 heteroatoms. The van der Waals surface area contributed by atoms with Gasteiger partial charge in [0.05, 0.1) is 17.1 Å². The highest BCUT2D eigenvalue weighted by Crippen LogP contribution is 2.29. The summed E-state index contributed by atoms with van der Waals surface area (Å²) in [6, 6.07) is 5.81. The van der Waals surface area contributed by atoms with Crippen molar-refractivity contribution in [1.82, 2.24) is 15.4 Å². The van der Waals surface area contributed by atoms with Crippen LogP contribution in [0, 0.1) is 18.8 Å². The van der Waals surface area contributed by atoms with Gasteiger partial charge in [-0.2, -0.15) is 5.43 Å². The monoisotopic (exact) mass is 386 g/mol. The molecule has 0 aliphatic carbocycles. The van der Waals surface area contributed by atoms with Crippen molar-refractivity contribution in [1.29, 1.82) is 0 Å². The van der Waals surface area contributed by atoms with Crippen LogP contribution in [0.3, 0.4) is 0 Å². The zero-order valence-corrected chi connectivity index (χ0v) is 16.4. The summed E-state index contributed by atoms with van der Waals surface area (Å²) in [7, 11) is 0. The normalized spacial score (nSPS) is 16.1. The van der Waals surface area contributed by atoms with Gasteiger partial charge in [0.1, 0.15) is 9.89 Å². The quantitative estimate of drug-likeness (QED) is 0.530. The number of carbonyl (C=O) groups is 1. The van der Waals surface area contributed by atoms with Gasteiger partial charge in [-0.3, -0.25) is 4.79 Å². The number of nitroso groups, excluding NO2 is 1. The van der Waals surface area contributed by atoms with Crippen LogP contribution in [0.15, 0.2) is 23.2 Å². The Balaban J connectivity index is 2.03. The molecule has 3 N–H and O–H groups in total. The van der Waals surface area contributed by atoms with Gasteiger partial charge in [0.2, 0.25) is 12.5 Å². The highest BCUT2D eigenvalue weighted by Gasteiger charge is 2.16. The van der Waals surface area contributed by atoms with Gasteiger partial charge in [-0.15, -0.1) is 11.8 Å². The molecule has 1 aromatic heterocycles. The first kappa shape index (κ1) is 19.3. The van der Waals surface area contributed by atoms with Crippen LogP contribution in [0.1, 0.15) is 40.7 Å². The second-order valence-electron chi connectivity index (χ2n) is 6.67. The van der Waals surface area contributed by atoms with Crippen molar-refractivity contribution in [2.45, 2.75) is 38.1 Å². The first-order chi connectivity index (χ1) is 12.9. The third-order valence-corrected chi connectivity index (χ3v) is 5.44. The van der Waals surface area contributed by atoms with E-state index in [9.17, 15) is 9.70 Å². The molecule has 0 saturated carbocycles. The first-order valence-corrected chi connectivity index (χ1v) is 10.0. The summed E-state index contributed by atoms with van der Waals surface area (Å²) in [5.74, 6) is 0.968. The number of carbonyl (C=O) groups excluding carboxylic acids is 1. The van der Waals surface area contributed by atoms with Crippen LogP contribution in [0.4, 0.5) is 5.95 Å². The van der Waals surface area contributed by atoms with E-state index < -0.39 is 0 Å². The predicted molar refractivity (Wildman–Crippen MR) is 107 cm³/mol. The summed E-state index contributed by atoms with van der Waals surface area (Å²) in [6.45, 7) is 4.84. The fraction of sp³-hybridized carbons (Fsp3) is 0.421. The number of nitrogen functional groups attached to an aromatic ring is 1. The molecule has 0 saturated heterocycles. The molecule has 0 spiro atoms. The Labute approximate surface area is 162 Å². The van der Waals surface area contributed by atoms with Crippen LogP contribution >= 0.6 is 11.8 Å². The predicted octanol–water partition coefficient (Wildman–Crippen LogP) is 3.08. The van der Waals surface area contributed by atoms with Gasteiger partial charge >= 0.3 is 0 Å². The van der Waals surface area contributed by atoms with Crippen LogP contribution in [0.25, 0.3) is 11.3 Å². The van der Waals surface area contributed by atoms with Crippen molar-refractivity contribution < 1.29 is 9.66 Å². The number of ketones is 1. The summed E-state index contributed by atoms with van der Waals surface area (Å²) in [5, 5.41) is 0.747. The maximum absolute atomic E-state index is 12.7. The lowest BCUT2D eigenvalue weighted by molar-refractivity contribution is -0.606. The van der Waals surface area contributed by atoms with E-state index in [0.717, 1.165) is 26.6 Å². The van der Waals surface area contributed by atoms with E-state index in [4.69, 9.17) is 5.73 Å². The van der Waals surface area contributed by atoms with Gasteiger partial charge in [0, 0.05) is 29.7 Å². The SMILES string of the molecule is Cc1cc(C)c2cc1C(=O)CCCC[N+](=O)NCCSc1cc-2nc(N)n1. The van der Waals surface area contributed by atoms with Crippen LogP contribution in [-0.2, 0) is 0 Å². The number of aryl methyl sites for hydroxylation is 2. The second kappa shape index (κ2) is 8.47. The Kier molecular flexibility index (Phi) is 6.05. The summed E-state index contributed by atoms with van der Waals surface area (Å²) in [6.07, 6.45) is 1.78. The molecule has 2 heterocycles. The Hall–Kier alpha value is -2.48. The molecule has 0 fully saturated rings. The summed E-state index contributed by atoms with van der Waals surface area (Å²) >= 11 is 1.51. The molecule has 0 amide bonds. The number of hydrogen-bond donors (Lipinski definition) is 2. The average molecular weight is 387 g/mol.